The summed E-state index contributed by atoms with van der Waals surface area (Å²) < 4.78 is 4.79. The third kappa shape index (κ3) is 2.07. The van der Waals surface area contributed by atoms with Gasteiger partial charge in [-0.3, -0.25) is 0 Å². The van der Waals surface area contributed by atoms with Crippen molar-refractivity contribution in [1.82, 2.24) is 0 Å². The largest absolute Gasteiger partial charge is 0.465 e. The molecule has 0 heterocycles. The summed E-state index contributed by atoms with van der Waals surface area (Å²) in [5.74, 6) is -0.300. The second-order valence-corrected chi connectivity index (χ2v) is 3.80. The fraction of sp³-hybridized carbons (Fsp3) is 0.133. The van der Waals surface area contributed by atoms with E-state index < -0.39 is 0 Å². The number of carbonyl (C=O) groups is 1. The van der Waals surface area contributed by atoms with Gasteiger partial charge in [0.05, 0.1) is 12.7 Å². The first kappa shape index (κ1) is 11.4. The summed E-state index contributed by atoms with van der Waals surface area (Å²) in [5, 5.41) is 2.01. The summed E-state index contributed by atoms with van der Waals surface area (Å²) in [6.45, 7) is 3.74. The lowest BCUT2D eigenvalue weighted by molar-refractivity contribution is 0.0603. The summed E-state index contributed by atoms with van der Waals surface area (Å²) in [4.78, 5) is 11.7. The van der Waals surface area contributed by atoms with Crippen LogP contribution in [0.4, 0.5) is 0 Å². The van der Waals surface area contributed by atoms with Gasteiger partial charge in [0.1, 0.15) is 0 Å². The second kappa shape index (κ2) is 4.83. The highest BCUT2D eigenvalue weighted by atomic mass is 16.5. The number of fused-ring (bicyclic) bond motifs is 1. The van der Waals surface area contributed by atoms with E-state index in [0.29, 0.717) is 5.56 Å². The maximum absolute atomic E-state index is 11.7. The zero-order valence-electron chi connectivity index (χ0n) is 9.77. The van der Waals surface area contributed by atoms with Gasteiger partial charge in [-0.1, -0.05) is 36.4 Å². The van der Waals surface area contributed by atoms with Gasteiger partial charge in [-0.2, -0.15) is 0 Å². The van der Waals surface area contributed by atoms with E-state index in [2.05, 4.69) is 6.58 Å². The van der Waals surface area contributed by atoms with Crippen LogP contribution in [0.5, 0.6) is 0 Å². The number of hydrogen-bond donors (Lipinski definition) is 0. The zero-order valence-corrected chi connectivity index (χ0v) is 9.77. The molecule has 0 saturated carbocycles. The van der Waals surface area contributed by atoms with Gasteiger partial charge in [-0.25, -0.2) is 4.79 Å². The van der Waals surface area contributed by atoms with Gasteiger partial charge in [-0.15, -0.1) is 6.58 Å². The van der Waals surface area contributed by atoms with Crippen molar-refractivity contribution in [3.63, 3.8) is 0 Å². The van der Waals surface area contributed by atoms with Gasteiger partial charge >= 0.3 is 5.97 Å². The predicted molar refractivity (Wildman–Crippen MR) is 69.2 cm³/mol. The van der Waals surface area contributed by atoms with E-state index in [9.17, 15) is 4.79 Å². The normalized spacial score (nSPS) is 10.2. The smallest absolute Gasteiger partial charge is 0.338 e. The molecule has 0 N–H and O–H groups in total. The van der Waals surface area contributed by atoms with Gasteiger partial charge < -0.3 is 4.74 Å². The van der Waals surface area contributed by atoms with E-state index >= 15 is 0 Å². The minimum absolute atomic E-state index is 0.300. The molecule has 0 atom stereocenters. The van der Waals surface area contributed by atoms with Gasteiger partial charge in [0.15, 0.2) is 0 Å². The molecule has 0 bridgehead atoms. The minimum Gasteiger partial charge on any atom is -0.465 e. The Labute approximate surface area is 101 Å². The number of ether oxygens (including phenoxy) is 1. The number of rotatable bonds is 3. The molecule has 0 saturated heterocycles. The summed E-state index contributed by atoms with van der Waals surface area (Å²) in [6, 6.07) is 11.6. The van der Waals surface area contributed by atoms with Gasteiger partial charge in [0, 0.05) is 0 Å². The third-order valence-corrected chi connectivity index (χ3v) is 2.78. The van der Waals surface area contributed by atoms with Crippen LogP contribution in [0.2, 0.25) is 0 Å². The maximum Gasteiger partial charge on any atom is 0.338 e. The fourth-order valence-electron chi connectivity index (χ4n) is 1.98. The van der Waals surface area contributed by atoms with Crippen LogP contribution >= 0.6 is 0 Å². The van der Waals surface area contributed by atoms with Crippen LogP contribution < -0.4 is 0 Å². The van der Waals surface area contributed by atoms with Crippen molar-refractivity contribution in [3.05, 3.63) is 60.2 Å². The van der Waals surface area contributed by atoms with Gasteiger partial charge in [-0.05, 0) is 28.8 Å². The van der Waals surface area contributed by atoms with Crippen LogP contribution in [0.3, 0.4) is 0 Å². The highest BCUT2D eigenvalue weighted by Crippen LogP contribution is 2.24. The first-order valence-corrected chi connectivity index (χ1v) is 5.47. The first-order chi connectivity index (χ1) is 8.27. The van der Waals surface area contributed by atoms with E-state index in [4.69, 9.17) is 4.74 Å². The van der Waals surface area contributed by atoms with E-state index in [1.807, 2.05) is 42.5 Å². The molecule has 0 spiro atoms. The molecule has 2 rings (SSSR count). The van der Waals surface area contributed by atoms with Crippen molar-refractivity contribution >= 4 is 16.7 Å². The molecule has 86 valence electrons. The Morgan fingerprint density at radius 2 is 1.94 bits per heavy atom. The Bertz CT molecular complexity index is 570. The molecular formula is C15H14O2. The summed E-state index contributed by atoms with van der Waals surface area (Å²) in [6.07, 6.45) is 2.65. The molecule has 0 fully saturated rings. The number of carbonyl (C=O) groups excluding carboxylic acids is 1. The molecule has 17 heavy (non-hydrogen) atoms. The number of hydrogen-bond acceptors (Lipinski definition) is 2. The lowest BCUT2D eigenvalue weighted by Gasteiger charge is -2.08. The number of benzene rings is 2. The van der Waals surface area contributed by atoms with Crippen LogP contribution in [0.25, 0.3) is 10.8 Å². The van der Waals surface area contributed by atoms with Gasteiger partial charge in [0.2, 0.25) is 0 Å². The van der Waals surface area contributed by atoms with Crippen molar-refractivity contribution in [2.75, 3.05) is 7.11 Å². The molecule has 0 aromatic heterocycles. The molecule has 2 nitrogen and oxygen atoms in total. The maximum atomic E-state index is 11.7. The molecule has 2 heteroatoms. The lowest BCUT2D eigenvalue weighted by Crippen LogP contribution is -2.02. The minimum atomic E-state index is -0.300. The molecule has 0 aliphatic rings. The standard InChI is InChI=1S/C15H14O2/c1-3-6-11-9-10-14(15(16)17-2)13-8-5-4-7-12(11)13/h3-5,7-10H,1,6H2,2H3. The quantitative estimate of drug-likeness (QED) is 0.592. The molecule has 2 aromatic rings. The van der Waals surface area contributed by atoms with Crippen LogP contribution in [-0.4, -0.2) is 13.1 Å². The van der Waals surface area contributed by atoms with Crippen molar-refractivity contribution in [3.8, 4) is 0 Å². The summed E-state index contributed by atoms with van der Waals surface area (Å²) in [7, 11) is 1.40. The molecule has 2 aromatic carbocycles. The van der Waals surface area contributed by atoms with Crippen LogP contribution in [0.1, 0.15) is 15.9 Å². The van der Waals surface area contributed by atoms with Gasteiger partial charge in [0.25, 0.3) is 0 Å². The van der Waals surface area contributed by atoms with E-state index in [1.165, 1.54) is 12.7 Å². The Morgan fingerprint density at radius 1 is 1.24 bits per heavy atom. The average Bonchev–Trinajstić information content (AvgIpc) is 2.38. The lowest BCUT2D eigenvalue weighted by atomic mass is 9.98. The van der Waals surface area contributed by atoms with Crippen molar-refractivity contribution in [2.45, 2.75) is 6.42 Å². The summed E-state index contributed by atoms with van der Waals surface area (Å²) >= 11 is 0. The van der Waals surface area contributed by atoms with Crippen molar-refractivity contribution < 1.29 is 9.53 Å². The molecular weight excluding hydrogens is 212 g/mol. The zero-order chi connectivity index (χ0) is 12.3. The van der Waals surface area contributed by atoms with Crippen molar-refractivity contribution in [1.29, 1.82) is 0 Å². The van der Waals surface area contributed by atoms with E-state index in [1.54, 1.807) is 0 Å². The Morgan fingerprint density at radius 3 is 2.59 bits per heavy atom. The van der Waals surface area contributed by atoms with E-state index in [0.717, 1.165) is 17.2 Å². The monoisotopic (exact) mass is 226 g/mol. The molecule has 0 amide bonds. The summed E-state index contributed by atoms with van der Waals surface area (Å²) in [5.41, 5.74) is 1.78. The second-order valence-electron chi connectivity index (χ2n) is 3.80. The fourth-order valence-corrected chi connectivity index (χ4v) is 1.98. The first-order valence-electron chi connectivity index (χ1n) is 5.47. The number of esters is 1. The van der Waals surface area contributed by atoms with Crippen LogP contribution in [-0.2, 0) is 11.2 Å². The Kier molecular flexibility index (Phi) is 3.24. The highest BCUT2D eigenvalue weighted by molar-refractivity contribution is 6.05. The topological polar surface area (TPSA) is 26.3 Å². The Balaban J connectivity index is 2.70. The Hall–Kier alpha value is -2.09. The molecule has 0 aliphatic heterocycles. The van der Waals surface area contributed by atoms with E-state index in [-0.39, 0.29) is 5.97 Å². The number of allylic oxidation sites excluding steroid dienone is 1. The average molecular weight is 226 g/mol. The number of methoxy groups -OCH3 is 1. The highest BCUT2D eigenvalue weighted by Gasteiger charge is 2.11. The molecule has 0 unspecified atom stereocenters. The molecule has 0 radical (unpaired) electrons. The van der Waals surface area contributed by atoms with Crippen LogP contribution in [0.15, 0.2) is 49.1 Å². The van der Waals surface area contributed by atoms with Crippen molar-refractivity contribution in [2.24, 2.45) is 0 Å². The SMILES string of the molecule is C=CCc1ccc(C(=O)OC)c2ccccc12. The third-order valence-electron chi connectivity index (χ3n) is 2.78. The van der Waals surface area contributed by atoms with Crippen LogP contribution in [0, 0.1) is 0 Å². The molecule has 0 aliphatic carbocycles. The predicted octanol–water partition coefficient (Wildman–Crippen LogP) is 3.35.